The monoisotopic (exact) mass is 279 g/mol. The molecule has 1 fully saturated rings. The first kappa shape index (κ1) is 14.2. The Morgan fingerprint density at radius 3 is 2.80 bits per heavy atom. The fraction of sp³-hybridized carbons (Fsp3) is 0.538. The third-order valence-electron chi connectivity index (χ3n) is 3.38. The molecule has 1 aromatic rings. The molecular formula is C13H17N3O4. The molecule has 0 bridgehead atoms. The Bertz CT molecular complexity index is 489. The normalized spacial score (nSPS) is 18.6. The first-order valence-corrected chi connectivity index (χ1v) is 6.52. The maximum absolute atomic E-state index is 11.3. The molecule has 1 N–H and O–H groups in total. The van der Waals surface area contributed by atoms with Crippen molar-refractivity contribution in [1.29, 1.82) is 0 Å². The molecule has 20 heavy (non-hydrogen) atoms. The minimum Gasteiger partial charge on any atom is -0.481 e. The number of ether oxygens (including phenoxy) is 1. The number of carbonyl (C=O) groups excluding carboxylic acids is 1. The van der Waals surface area contributed by atoms with E-state index >= 15 is 0 Å². The average Bonchev–Trinajstić information content (AvgIpc) is 2.46. The Hall–Kier alpha value is -2.18. The van der Waals surface area contributed by atoms with Gasteiger partial charge in [-0.05, 0) is 31.4 Å². The lowest BCUT2D eigenvalue weighted by Gasteiger charge is -2.35. The van der Waals surface area contributed by atoms with E-state index in [0.717, 1.165) is 25.8 Å². The van der Waals surface area contributed by atoms with Crippen LogP contribution in [-0.2, 0) is 9.53 Å². The lowest BCUT2D eigenvalue weighted by Crippen LogP contribution is -2.41. The van der Waals surface area contributed by atoms with E-state index in [1.54, 1.807) is 12.1 Å². The molecule has 1 saturated heterocycles. The van der Waals surface area contributed by atoms with Crippen LogP contribution in [0.25, 0.3) is 0 Å². The van der Waals surface area contributed by atoms with Crippen LogP contribution in [0.2, 0.25) is 0 Å². The summed E-state index contributed by atoms with van der Waals surface area (Å²) in [6.45, 7) is 0.754. The summed E-state index contributed by atoms with van der Waals surface area (Å²) in [6, 6.07) is 3.15. The van der Waals surface area contributed by atoms with Crippen molar-refractivity contribution < 1.29 is 19.4 Å². The van der Waals surface area contributed by atoms with Gasteiger partial charge in [-0.3, -0.25) is 4.79 Å². The molecule has 7 nitrogen and oxygen atoms in total. The van der Waals surface area contributed by atoms with Crippen LogP contribution in [0.3, 0.4) is 0 Å². The van der Waals surface area contributed by atoms with Crippen molar-refractivity contribution in [3.63, 3.8) is 0 Å². The minimum atomic E-state index is -0.818. The first-order valence-electron chi connectivity index (χ1n) is 6.52. The number of aliphatic carboxylic acids is 1. The van der Waals surface area contributed by atoms with Crippen molar-refractivity contribution >= 4 is 17.8 Å². The molecule has 108 valence electrons. The fourth-order valence-corrected chi connectivity index (χ4v) is 2.41. The molecule has 7 heteroatoms. The van der Waals surface area contributed by atoms with Crippen molar-refractivity contribution in [2.45, 2.75) is 31.7 Å². The number of rotatable bonds is 4. The van der Waals surface area contributed by atoms with E-state index in [1.807, 2.05) is 4.90 Å². The molecule has 2 heterocycles. The van der Waals surface area contributed by atoms with Crippen LogP contribution in [-0.4, -0.2) is 46.9 Å². The molecule has 0 saturated carbocycles. The highest BCUT2D eigenvalue weighted by Gasteiger charge is 2.26. The Kier molecular flexibility index (Phi) is 4.49. The standard InChI is InChI=1S/C13H17N3O4/c1-20-13(19)10-5-6-11(15-14-10)16-7-3-2-4-9(16)8-12(17)18/h5-6,9H,2-4,7-8H2,1H3,(H,17,18). The number of hydrogen-bond acceptors (Lipinski definition) is 6. The van der Waals surface area contributed by atoms with Gasteiger partial charge in [-0.2, -0.15) is 0 Å². The van der Waals surface area contributed by atoms with Gasteiger partial charge in [0.2, 0.25) is 0 Å². The molecule has 0 aromatic carbocycles. The number of aromatic nitrogens is 2. The zero-order valence-electron chi connectivity index (χ0n) is 11.3. The Balaban J connectivity index is 2.15. The van der Waals surface area contributed by atoms with Gasteiger partial charge in [0, 0.05) is 12.6 Å². The van der Waals surface area contributed by atoms with Gasteiger partial charge >= 0.3 is 11.9 Å². The van der Waals surface area contributed by atoms with Crippen LogP contribution < -0.4 is 4.90 Å². The van der Waals surface area contributed by atoms with E-state index < -0.39 is 11.9 Å². The van der Waals surface area contributed by atoms with E-state index in [9.17, 15) is 9.59 Å². The molecule has 1 unspecified atom stereocenters. The number of methoxy groups -OCH3 is 1. The van der Waals surface area contributed by atoms with E-state index in [-0.39, 0.29) is 18.2 Å². The fourth-order valence-electron chi connectivity index (χ4n) is 2.41. The first-order chi connectivity index (χ1) is 9.61. The highest BCUT2D eigenvalue weighted by molar-refractivity contribution is 5.87. The maximum Gasteiger partial charge on any atom is 0.358 e. The molecule has 1 aliphatic rings. The largest absolute Gasteiger partial charge is 0.481 e. The summed E-state index contributed by atoms with van der Waals surface area (Å²) in [5.41, 5.74) is 0.142. The van der Waals surface area contributed by atoms with Gasteiger partial charge in [-0.25, -0.2) is 4.79 Å². The lowest BCUT2D eigenvalue weighted by molar-refractivity contribution is -0.137. The number of anilines is 1. The number of carbonyl (C=O) groups is 2. The van der Waals surface area contributed by atoms with Crippen molar-refractivity contribution in [3.8, 4) is 0 Å². The predicted octanol–water partition coefficient (Wildman–Crippen LogP) is 1.10. The molecule has 2 rings (SSSR count). The maximum atomic E-state index is 11.3. The number of esters is 1. The quantitative estimate of drug-likeness (QED) is 0.825. The van der Waals surface area contributed by atoms with Gasteiger partial charge in [0.25, 0.3) is 0 Å². The van der Waals surface area contributed by atoms with Crippen LogP contribution in [0.1, 0.15) is 36.2 Å². The summed E-state index contributed by atoms with van der Waals surface area (Å²) < 4.78 is 4.56. The number of nitrogens with zero attached hydrogens (tertiary/aromatic N) is 3. The van der Waals surface area contributed by atoms with Gasteiger partial charge in [0.1, 0.15) is 0 Å². The summed E-state index contributed by atoms with van der Waals surface area (Å²) in [6.07, 6.45) is 2.92. The summed E-state index contributed by atoms with van der Waals surface area (Å²) in [5.74, 6) is -0.755. The third kappa shape index (κ3) is 3.23. The summed E-state index contributed by atoms with van der Waals surface area (Å²) in [4.78, 5) is 24.1. The third-order valence-corrected chi connectivity index (χ3v) is 3.38. The molecule has 0 spiro atoms. The minimum absolute atomic E-state index is 0.0699. The smallest absolute Gasteiger partial charge is 0.358 e. The van der Waals surface area contributed by atoms with Crippen molar-refractivity contribution in [1.82, 2.24) is 10.2 Å². The average molecular weight is 279 g/mol. The summed E-state index contributed by atoms with van der Waals surface area (Å²) in [5, 5.41) is 16.8. The highest BCUT2D eigenvalue weighted by atomic mass is 16.5. The van der Waals surface area contributed by atoms with Crippen LogP contribution in [0, 0.1) is 0 Å². The molecule has 0 radical (unpaired) electrons. The lowest BCUT2D eigenvalue weighted by atomic mass is 9.99. The van der Waals surface area contributed by atoms with E-state index in [2.05, 4.69) is 14.9 Å². The molecule has 0 amide bonds. The van der Waals surface area contributed by atoms with Crippen LogP contribution >= 0.6 is 0 Å². The molecule has 1 atom stereocenters. The summed E-state index contributed by atoms with van der Waals surface area (Å²) >= 11 is 0. The van der Waals surface area contributed by atoms with Gasteiger partial charge in [-0.15, -0.1) is 10.2 Å². The molecule has 1 aliphatic heterocycles. The van der Waals surface area contributed by atoms with Crippen LogP contribution in [0.4, 0.5) is 5.82 Å². The number of piperidine rings is 1. The molecule has 0 aliphatic carbocycles. The Labute approximate surface area is 116 Å². The number of hydrogen-bond donors (Lipinski definition) is 1. The topological polar surface area (TPSA) is 92.6 Å². The second kappa shape index (κ2) is 6.31. The van der Waals surface area contributed by atoms with Crippen molar-refractivity contribution in [2.24, 2.45) is 0 Å². The molecule has 1 aromatic heterocycles. The zero-order valence-corrected chi connectivity index (χ0v) is 11.3. The highest BCUT2D eigenvalue weighted by Crippen LogP contribution is 2.24. The van der Waals surface area contributed by atoms with E-state index in [0.29, 0.717) is 5.82 Å². The predicted molar refractivity (Wildman–Crippen MR) is 70.6 cm³/mol. The van der Waals surface area contributed by atoms with E-state index in [4.69, 9.17) is 5.11 Å². The van der Waals surface area contributed by atoms with Crippen molar-refractivity contribution in [3.05, 3.63) is 17.8 Å². The number of carboxylic acid groups (broad SMARTS) is 1. The van der Waals surface area contributed by atoms with Crippen LogP contribution in [0.5, 0.6) is 0 Å². The van der Waals surface area contributed by atoms with Crippen molar-refractivity contribution in [2.75, 3.05) is 18.6 Å². The molecular weight excluding hydrogens is 262 g/mol. The SMILES string of the molecule is COC(=O)c1ccc(N2CCCCC2CC(=O)O)nn1. The van der Waals surface area contributed by atoms with Gasteiger partial charge < -0.3 is 14.7 Å². The second-order valence-corrected chi connectivity index (χ2v) is 4.71. The summed E-state index contributed by atoms with van der Waals surface area (Å²) in [7, 11) is 1.28. The van der Waals surface area contributed by atoms with Gasteiger partial charge in [0.05, 0.1) is 13.5 Å². The number of carboxylic acids is 1. The zero-order chi connectivity index (χ0) is 14.5. The van der Waals surface area contributed by atoms with Gasteiger partial charge in [0.15, 0.2) is 11.5 Å². The Morgan fingerprint density at radius 2 is 2.20 bits per heavy atom. The van der Waals surface area contributed by atoms with E-state index in [1.165, 1.54) is 7.11 Å². The second-order valence-electron chi connectivity index (χ2n) is 4.71. The Morgan fingerprint density at radius 1 is 1.40 bits per heavy atom. The van der Waals surface area contributed by atoms with Crippen LogP contribution in [0.15, 0.2) is 12.1 Å². The van der Waals surface area contributed by atoms with Gasteiger partial charge in [-0.1, -0.05) is 0 Å².